The third kappa shape index (κ3) is 2.27. The zero-order valence-electron chi connectivity index (χ0n) is 7.21. The second-order valence-corrected chi connectivity index (χ2v) is 2.62. The molecule has 1 aliphatic heterocycles. The first-order chi connectivity index (χ1) is 6.38. The van der Waals surface area contributed by atoms with Gasteiger partial charge < -0.3 is 4.74 Å². The summed E-state index contributed by atoms with van der Waals surface area (Å²) in [6.45, 7) is 2.79. The van der Waals surface area contributed by atoms with E-state index in [0.29, 0.717) is 6.61 Å². The van der Waals surface area contributed by atoms with Crippen LogP contribution in [-0.4, -0.2) is 6.61 Å². The van der Waals surface area contributed by atoms with Gasteiger partial charge in [0.25, 0.3) is 0 Å². The van der Waals surface area contributed by atoms with E-state index in [9.17, 15) is 0 Å². The van der Waals surface area contributed by atoms with Crippen molar-refractivity contribution in [2.75, 3.05) is 6.61 Å². The first-order valence-electron chi connectivity index (χ1n) is 3.83. The van der Waals surface area contributed by atoms with Gasteiger partial charge in [-0.3, -0.25) is 0 Å². The zero-order chi connectivity index (χ0) is 9.68. The molecule has 13 heavy (non-hydrogen) atoms. The van der Waals surface area contributed by atoms with Crippen molar-refractivity contribution in [3.63, 3.8) is 0 Å². The second kappa shape index (κ2) is 4.95. The summed E-state index contributed by atoms with van der Waals surface area (Å²) in [5.74, 6) is 0.951. The fourth-order valence-electron chi connectivity index (χ4n) is 1.23. The molecule has 0 N–H and O–H groups in total. The van der Waals surface area contributed by atoms with Gasteiger partial charge in [0.2, 0.25) is 0 Å². The number of hydrogen-bond donors (Lipinski definition) is 0. The summed E-state index contributed by atoms with van der Waals surface area (Å²) in [5.41, 5.74) is 2.48. The minimum atomic E-state index is 0.691. The van der Waals surface area contributed by atoms with Crippen LogP contribution >= 0.6 is 0 Å². The number of allylic oxidation sites excluding steroid dienone is 1. The van der Waals surface area contributed by atoms with Crippen molar-refractivity contribution in [2.24, 2.45) is 0 Å². The molecule has 0 spiro atoms. The predicted molar refractivity (Wildman–Crippen MR) is 45.1 cm³/mol. The van der Waals surface area contributed by atoms with Gasteiger partial charge in [0.15, 0.2) is 0 Å². The Hall–Kier alpha value is -0.921. The fourth-order valence-corrected chi connectivity index (χ4v) is 1.23. The average molecular weight is 216 g/mol. The van der Waals surface area contributed by atoms with Gasteiger partial charge >= 0.3 is 19.8 Å². The first-order valence-corrected chi connectivity index (χ1v) is 4.31. The van der Waals surface area contributed by atoms with Crippen LogP contribution in [0.1, 0.15) is 12.5 Å². The van der Waals surface area contributed by atoms with Crippen LogP contribution in [0.3, 0.4) is 0 Å². The van der Waals surface area contributed by atoms with Gasteiger partial charge in [0, 0.05) is 5.75 Å². The van der Waals surface area contributed by atoms with Crippen molar-refractivity contribution in [2.45, 2.75) is 6.92 Å². The average Bonchev–Trinajstić information content (AvgIpc) is 2.22. The Morgan fingerprint density at radius 3 is 3.00 bits per heavy atom. The molecule has 69 valence electrons. The van der Waals surface area contributed by atoms with Crippen molar-refractivity contribution in [1.29, 1.82) is 0 Å². The molecule has 0 aromatic heterocycles. The van der Waals surface area contributed by atoms with Crippen LogP contribution in [0.5, 0.6) is 5.75 Å². The molecule has 0 saturated heterocycles. The first kappa shape index (κ1) is 10.2. The SMILES string of the molecule is CC1=CCOc2c[c-]ccc21.[O]=[Mn]. The van der Waals surface area contributed by atoms with Crippen LogP contribution in [0.25, 0.3) is 5.57 Å². The summed E-state index contributed by atoms with van der Waals surface area (Å²) < 4.78 is 13.4. The molecular weight excluding hydrogens is 207 g/mol. The Morgan fingerprint density at radius 1 is 1.54 bits per heavy atom. The van der Waals surface area contributed by atoms with Gasteiger partial charge in [-0.1, -0.05) is 11.1 Å². The van der Waals surface area contributed by atoms with E-state index in [2.05, 4.69) is 19.1 Å². The number of hydrogen-bond acceptors (Lipinski definition) is 2. The molecule has 0 bridgehead atoms. The Bertz CT molecular complexity index is 320. The molecule has 0 saturated carbocycles. The van der Waals surface area contributed by atoms with Crippen molar-refractivity contribution in [3.05, 3.63) is 35.9 Å². The van der Waals surface area contributed by atoms with Crippen LogP contribution in [0.15, 0.2) is 24.3 Å². The topological polar surface area (TPSA) is 26.3 Å². The molecule has 1 heterocycles. The van der Waals surface area contributed by atoms with Crippen molar-refractivity contribution in [1.82, 2.24) is 0 Å². The second-order valence-electron chi connectivity index (χ2n) is 2.62. The van der Waals surface area contributed by atoms with E-state index in [1.54, 1.807) is 15.9 Å². The number of ether oxygens (including phenoxy) is 1. The van der Waals surface area contributed by atoms with Crippen molar-refractivity contribution in [3.8, 4) is 5.75 Å². The van der Waals surface area contributed by atoms with Gasteiger partial charge in [-0.15, -0.1) is 6.07 Å². The quantitative estimate of drug-likeness (QED) is 0.490. The molecule has 1 aliphatic rings. The van der Waals surface area contributed by atoms with E-state index in [0.717, 1.165) is 5.75 Å². The summed E-state index contributed by atoms with van der Waals surface area (Å²) in [7, 11) is 0. The van der Waals surface area contributed by atoms with Crippen molar-refractivity contribution < 1.29 is 24.5 Å². The molecule has 0 atom stereocenters. The predicted octanol–water partition coefficient (Wildman–Crippen LogP) is 2.16. The minimum absolute atomic E-state index is 0.691. The number of rotatable bonds is 0. The van der Waals surface area contributed by atoms with Crippen LogP contribution in [0.4, 0.5) is 0 Å². The third-order valence-electron chi connectivity index (χ3n) is 1.88. The molecule has 0 radical (unpaired) electrons. The van der Waals surface area contributed by atoms with Gasteiger partial charge in [-0.25, -0.2) is 0 Å². The van der Waals surface area contributed by atoms with Gasteiger partial charge in [0.1, 0.15) is 0 Å². The Labute approximate surface area is 85.6 Å². The van der Waals surface area contributed by atoms with Gasteiger partial charge in [-0.05, 0) is 13.0 Å². The summed E-state index contributed by atoms with van der Waals surface area (Å²) in [6.07, 6.45) is 2.09. The molecule has 0 aliphatic carbocycles. The van der Waals surface area contributed by atoms with Crippen LogP contribution < -0.4 is 4.74 Å². The van der Waals surface area contributed by atoms with E-state index >= 15 is 0 Å². The molecule has 0 amide bonds. The van der Waals surface area contributed by atoms with Gasteiger partial charge in [-0.2, -0.15) is 18.2 Å². The molecule has 3 heteroatoms. The molecule has 1 aromatic rings. The summed E-state index contributed by atoms with van der Waals surface area (Å²) in [5, 5.41) is 0. The molecule has 2 rings (SSSR count). The number of fused-ring (bicyclic) bond motifs is 1. The van der Waals surface area contributed by atoms with Crippen LogP contribution in [0, 0.1) is 6.07 Å². The molecule has 1 aromatic carbocycles. The Morgan fingerprint density at radius 2 is 2.31 bits per heavy atom. The fraction of sp³-hybridized carbons (Fsp3) is 0.200. The van der Waals surface area contributed by atoms with Gasteiger partial charge in [0.05, 0.1) is 6.61 Å². The summed E-state index contributed by atoms with van der Waals surface area (Å²) >= 11 is 1.69. The van der Waals surface area contributed by atoms with Crippen LogP contribution in [0.2, 0.25) is 0 Å². The standard InChI is InChI=1S/C10H9O.Mn.O/c1-8-6-7-11-10-5-3-2-4-9(8)10;;/h2,4-6H,7H2,1H3;;/q-1;;. The molecule has 2 nitrogen and oxygen atoms in total. The maximum absolute atomic E-state index is 8.06. The van der Waals surface area contributed by atoms with Crippen molar-refractivity contribution >= 4 is 5.57 Å². The molecular formula is C10H9MnO2-. The van der Waals surface area contributed by atoms with E-state index < -0.39 is 0 Å². The summed E-state index contributed by atoms with van der Waals surface area (Å²) in [4.78, 5) is 0. The van der Waals surface area contributed by atoms with E-state index in [4.69, 9.17) is 8.57 Å². The number of benzene rings is 1. The van der Waals surface area contributed by atoms with E-state index in [1.165, 1.54) is 11.1 Å². The van der Waals surface area contributed by atoms with E-state index in [1.807, 2.05) is 18.2 Å². The molecule has 0 fully saturated rings. The van der Waals surface area contributed by atoms with Crippen LogP contribution in [-0.2, 0) is 19.8 Å². The maximum atomic E-state index is 8.06. The third-order valence-corrected chi connectivity index (χ3v) is 1.88. The monoisotopic (exact) mass is 216 g/mol. The normalized spacial score (nSPS) is 12.8. The Kier molecular flexibility index (Phi) is 3.87. The zero-order valence-corrected chi connectivity index (χ0v) is 8.39. The molecule has 0 unspecified atom stereocenters. The summed E-state index contributed by atoms with van der Waals surface area (Å²) in [6, 6.07) is 8.81. The van der Waals surface area contributed by atoms with E-state index in [-0.39, 0.29) is 0 Å². The Balaban J connectivity index is 0.000000396.